The Bertz CT molecular complexity index is 935. The minimum atomic E-state index is -0.696. The van der Waals surface area contributed by atoms with Crippen LogP contribution in [0.1, 0.15) is 284 Å². The van der Waals surface area contributed by atoms with E-state index in [1.165, 1.54) is 180 Å². The summed E-state index contributed by atoms with van der Waals surface area (Å²) >= 11 is 0. The van der Waals surface area contributed by atoms with Crippen LogP contribution in [0.15, 0.2) is 24.3 Å². The number of carbonyl (C=O) groups excluding carboxylic acids is 2. The van der Waals surface area contributed by atoms with Gasteiger partial charge in [0.25, 0.3) is 0 Å². The molecule has 2 unspecified atom stereocenters. The zero-order valence-electron chi connectivity index (χ0n) is 40.2. The predicted molar refractivity (Wildman–Crippen MR) is 260 cm³/mol. The number of unbranched alkanes of at least 4 members (excludes halogenated alkanes) is 34. The van der Waals surface area contributed by atoms with Crippen LogP contribution in [0, 0.1) is 0 Å². The van der Waals surface area contributed by atoms with Crippen LogP contribution in [0.2, 0.25) is 0 Å². The molecule has 0 aliphatic rings. The minimum Gasteiger partial charge on any atom is -0.466 e. The summed E-state index contributed by atoms with van der Waals surface area (Å²) in [7, 11) is 0. The van der Waals surface area contributed by atoms with Crippen LogP contribution < -0.4 is 5.32 Å². The molecule has 354 valence electrons. The van der Waals surface area contributed by atoms with Gasteiger partial charge in [-0.2, -0.15) is 0 Å². The zero-order valence-corrected chi connectivity index (χ0v) is 40.2. The standard InChI is InChI=1S/C54H103NO5/c1-3-5-7-9-11-13-15-17-19-21-22-23-25-27-30-34-38-42-46-52(57)51(50-56)55-53(58)47-43-39-35-31-29-33-37-41-45-49-60-54(59)48-44-40-36-32-28-26-24-20-18-16-14-12-10-8-6-4-2/h20,24,31,35,51-52,56-57H,3-19,21-23,25-30,32-34,36-50H2,1-2H3,(H,55,58)/b24-20-,35-31-. The first-order valence-corrected chi connectivity index (χ1v) is 26.6. The van der Waals surface area contributed by atoms with E-state index in [9.17, 15) is 19.8 Å². The van der Waals surface area contributed by atoms with Crippen molar-refractivity contribution in [1.82, 2.24) is 5.32 Å². The first-order chi connectivity index (χ1) is 29.5. The van der Waals surface area contributed by atoms with E-state index in [0.29, 0.717) is 25.9 Å². The van der Waals surface area contributed by atoms with Crippen LogP contribution in [0.4, 0.5) is 0 Å². The van der Waals surface area contributed by atoms with Gasteiger partial charge in [0.1, 0.15) is 0 Å². The Hall–Kier alpha value is -1.66. The largest absolute Gasteiger partial charge is 0.466 e. The number of amides is 1. The van der Waals surface area contributed by atoms with Crippen molar-refractivity contribution in [2.75, 3.05) is 13.2 Å². The molecule has 0 aromatic heterocycles. The fourth-order valence-corrected chi connectivity index (χ4v) is 8.11. The van der Waals surface area contributed by atoms with Crippen molar-refractivity contribution in [3.05, 3.63) is 24.3 Å². The smallest absolute Gasteiger partial charge is 0.305 e. The van der Waals surface area contributed by atoms with Crippen LogP contribution >= 0.6 is 0 Å². The SMILES string of the molecule is CCCCCCCCC/C=C\CCCCCCCC(=O)OCCCCCC/C=C\CCCC(=O)NC(CO)C(O)CCCCCCCCCCCCCCCCCCCC. The fourth-order valence-electron chi connectivity index (χ4n) is 8.11. The predicted octanol–water partition coefficient (Wildman–Crippen LogP) is 15.9. The maximum atomic E-state index is 12.4. The lowest BCUT2D eigenvalue weighted by molar-refractivity contribution is -0.143. The Morgan fingerprint density at radius 3 is 1.22 bits per heavy atom. The summed E-state index contributed by atoms with van der Waals surface area (Å²) in [5.41, 5.74) is 0. The molecule has 0 rings (SSSR count). The molecular formula is C54H103NO5. The summed E-state index contributed by atoms with van der Waals surface area (Å²) in [6.07, 6.45) is 58.7. The molecule has 0 aliphatic carbocycles. The van der Waals surface area contributed by atoms with E-state index in [-0.39, 0.29) is 18.5 Å². The molecule has 6 heteroatoms. The van der Waals surface area contributed by atoms with Crippen molar-refractivity contribution in [2.24, 2.45) is 0 Å². The third-order valence-electron chi connectivity index (χ3n) is 12.2. The second-order valence-electron chi connectivity index (χ2n) is 18.2. The molecule has 1 amide bonds. The Balaban J connectivity index is 3.54. The second-order valence-corrected chi connectivity index (χ2v) is 18.2. The zero-order chi connectivity index (χ0) is 43.7. The Morgan fingerprint density at radius 1 is 0.450 bits per heavy atom. The number of esters is 1. The van der Waals surface area contributed by atoms with Crippen LogP contribution in [0.3, 0.4) is 0 Å². The molecule has 0 heterocycles. The summed E-state index contributed by atoms with van der Waals surface area (Å²) in [6.45, 7) is 4.86. The van der Waals surface area contributed by atoms with E-state index in [1.54, 1.807) is 0 Å². The van der Waals surface area contributed by atoms with Gasteiger partial charge in [0.15, 0.2) is 0 Å². The van der Waals surface area contributed by atoms with E-state index >= 15 is 0 Å². The van der Waals surface area contributed by atoms with Gasteiger partial charge in [0.2, 0.25) is 5.91 Å². The lowest BCUT2D eigenvalue weighted by atomic mass is 10.0. The molecule has 2 atom stereocenters. The molecule has 0 saturated heterocycles. The lowest BCUT2D eigenvalue weighted by Crippen LogP contribution is -2.45. The van der Waals surface area contributed by atoms with Crippen LogP contribution in [-0.4, -0.2) is 47.4 Å². The van der Waals surface area contributed by atoms with Gasteiger partial charge in [0, 0.05) is 12.8 Å². The van der Waals surface area contributed by atoms with Crippen LogP contribution in [0.25, 0.3) is 0 Å². The number of ether oxygens (including phenoxy) is 1. The molecule has 0 saturated carbocycles. The number of nitrogens with one attached hydrogen (secondary N) is 1. The normalized spacial score (nSPS) is 12.8. The lowest BCUT2D eigenvalue weighted by Gasteiger charge is -2.22. The van der Waals surface area contributed by atoms with Gasteiger partial charge in [-0.3, -0.25) is 9.59 Å². The van der Waals surface area contributed by atoms with Gasteiger partial charge in [0.05, 0.1) is 25.4 Å². The van der Waals surface area contributed by atoms with Crippen molar-refractivity contribution in [1.29, 1.82) is 0 Å². The highest BCUT2D eigenvalue weighted by molar-refractivity contribution is 5.76. The summed E-state index contributed by atoms with van der Waals surface area (Å²) in [4.78, 5) is 24.5. The molecule has 0 spiro atoms. The number of allylic oxidation sites excluding steroid dienone is 4. The Morgan fingerprint density at radius 2 is 0.800 bits per heavy atom. The van der Waals surface area contributed by atoms with E-state index in [1.807, 2.05) is 0 Å². The molecule has 3 N–H and O–H groups in total. The van der Waals surface area contributed by atoms with Crippen molar-refractivity contribution in [3.63, 3.8) is 0 Å². The van der Waals surface area contributed by atoms with Gasteiger partial charge in [-0.1, -0.05) is 224 Å². The van der Waals surface area contributed by atoms with Gasteiger partial charge in [-0.15, -0.1) is 0 Å². The highest BCUT2D eigenvalue weighted by Crippen LogP contribution is 2.16. The molecule has 0 aromatic rings. The third-order valence-corrected chi connectivity index (χ3v) is 12.2. The van der Waals surface area contributed by atoms with Gasteiger partial charge < -0.3 is 20.3 Å². The van der Waals surface area contributed by atoms with Crippen molar-refractivity contribution < 1.29 is 24.5 Å². The van der Waals surface area contributed by atoms with Crippen molar-refractivity contribution >= 4 is 11.9 Å². The fraction of sp³-hybridized carbons (Fsp3) is 0.889. The van der Waals surface area contributed by atoms with E-state index in [0.717, 1.165) is 70.6 Å². The molecule has 0 fully saturated rings. The molecule has 60 heavy (non-hydrogen) atoms. The maximum absolute atomic E-state index is 12.4. The minimum absolute atomic E-state index is 0.0427. The van der Waals surface area contributed by atoms with Gasteiger partial charge in [-0.25, -0.2) is 0 Å². The number of aliphatic hydroxyl groups is 2. The van der Waals surface area contributed by atoms with Crippen molar-refractivity contribution in [3.8, 4) is 0 Å². The van der Waals surface area contributed by atoms with E-state index < -0.39 is 12.1 Å². The average molecular weight is 846 g/mol. The van der Waals surface area contributed by atoms with Crippen molar-refractivity contribution in [2.45, 2.75) is 296 Å². The number of hydrogen-bond donors (Lipinski definition) is 3. The first kappa shape index (κ1) is 58.3. The molecular weight excluding hydrogens is 743 g/mol. The number of rotatable bonds is 49. The molecule has 0 radical (unpaired) electrons. The molecule has 0 aliphatic heterocycles. The molecule has 0 aromatic carbocycles. The summed E-state index contributed by atoms with van der Waals surface area (Å²) in [5.74, 6) is -0.137. The molecule has 0 bridgehead atoms. The highest BCUT2D eigenvalue weighted by atomic mass is 16.5. The maximum Gasteiger partial charge on any atom is 0.305 e. The first-order valence-electron chi connectivity index (χ1n) is 26.6. The van der Waals surface area contributed by atoms with Gasteiger partial charge >= 0.3 is 5.97 Å². The van der Waals surface area contributed by atoms with Crippen LogP contribution in [0.5, 0.6) is 0 Å². The topological polar surface area (TPSA) is 95.9 Å². The number of aliphatic hydroxyl groups excluding tert-OH is 2. The monoisotopic (exact) mass is 846 g/mol. The quantitative estimate of drug-likeness (QED) is 0.0322. The van der Waals surface area contributed by atoms with Crippen LogP contribution in [-0.2, 0) is 14.3 Å². The third kappa shape index (κ3) is 45.9. The van der Waals surface area contributed by atoms with E-state index in [4.69, 9.17) is 4.74 Å². The van der Waals surface area contributed by atoms with Gasteiger partial charge in [-0.05, 0) is 70.6 Å². The Kier molecular flexibility index (Phi) is 48.6. The number of carbonyl (C=O) groups is 2. The summed E-state index contributed by atoms with van der Waals surface area (Å²) < 4.78 is 5.44. The van der Waals surface area contributed by atoms with E-state index in [2.05, 4.69) is 43.5 Å². The second kappa shape index (κ2) is 50.0. The average Bonchev–Trinajstić information content (AvgIpc) is 3.25. The summed E-state index contributed by atoms with van der Waals surface area (Å²) in [6, 6.07) is -0.579. The molecule has 6 nitrogen and oxygen atoms in total. The highest BCUT2D eigenvalue weighted by Gasteiger charge is 2.20. The summed E-state index contributed by atoms with van der Waals surface area (Å²) in [5, 5.41) is 23.2. The number of hydrogen-bond acceptors (Lipinski definition) is 5. The Labute approximate surface area is 373 Å².